The van der Waals surface area contributed by atoms with Crippen molar-refractivity contribution in [3.8, 4) is 0 Å². The number of rotatable bonds is 7. The van der Waals surface area contributed by atoms with Crippen molar-refractivity contribution in [1.29, 1.82) is 0 Å². The number of halogens is 1. The molecule has 0 radical (unpaired) electrons. The molecule has 1 aromatic heterocycles. The van der Waals surface area contributed by atoms with Crippen LogP contribution in [0.1, 0.15) is 38.3 Å². The monoisotopic (exact) mass is 337 g/mol. The van der Waals surface area contributed by atoms with Crippen LogP contribution < -0.4 is 0 Å². The third kappa shape index (κ3) is 3.89. The van der Waals surface area contributed by atoms with Gasteiger partial charge in [-0.15, -0.1) is 11.6 Å². The van der Waals surface area contributed by atoms with Crippen molar-refractivity contribution in [2.45, 2.75) is 56.6 Å². The Morgan fingerprint density at radius 3 is 2.35 bits per heavy atom. The fraction of sp³-hybridized carbons (Fsp3) is 0.647. The molecule has 2 aliphatic rings. The van der Waals surface area contributed by atoms with E-state index in [0.29, 0.717) is 12.6 Å². The average molecular weight is 338 g/mol. The van der Waals surface area contributed by atoms with E-state index in [-0.39, 0.29) is 24.4 Å². The molecule has 3 rings (SSSR count). The van der Waals surface area contributed by atoms with E-state index < -0.39 is 5.38 Å². The van der Waals surface area contributed by atoms with Gasteiger partial charge >= 0.3 is 0 Å². The Bertz CT molecular complexity index is 590. The molecular weight excluding hydrogens is 314 g/mol. The molecule has 1 heterocycles. The van der Waals surface area contributed by atoms with Crippen LogP contribution in [0.5, 0.6) is 0 Å². The molecule has 6 heteroatoms. The number of hydrogen-bond donors (Lipinski definition) is 0. The van der Waals surface area contributed by atoms with E-state index in [0.717, 1.165) is 31.4 Å². The number of alkyl halides is 1. The molecule has 1 aromatic rings. The van der Waals surface area contributed by atoms with Crippen LogP contribution >= 0.6 is 11.6 Å². The molecule has 0 bridgehead atoms. The number of aromatic nitrogens is 1. The summed E-state index contributed by atoms with van der Waals surface area (Å²) in [5, 5.41) is -0.578. The van der Waals surface area contributed by atoms with Crippen molar-refractivity contribution >= 4 is 23.4 Å². The standard InChI is InChI=1S/C17H24ClN3O2/c1-12(18)17(23)21(14-7-8-14)11-16(22)20(13-5-6-13)10-15-4-3-9-19(15)2/h3-4,9,12-14H,5-8,10-11H2,1-2H3/t12-/m1/s1. The first-order valence-corrected chi connectivity index (χ1v) is 8.75. The summed E-state index contributed by atoms with van der Waals surface area (Å²) in [6, 6.07) is 4.54. The molecule has 2 aliphatic carbocycles. The van der Waals surface area contributed by atoms with Crippen LogP contribution in [0.15, 0.2) is 18.3 Å². The van der Waals surface area contributed by atoms with E-state index >= 15 is 0 Å². The highest BCUT2D eigenvalue weighted by atomic mass is 35.5. The summed E-state index contributed by atoms with van der Waals surface area (Å²) in [4.78, 5) is 28.7. The van der Waals surface area contributed by atoms with Crippen LogP contribution in [0.25, 0.3) is 0 Å². The minimum absolute atomic E-state index is 0.0336. The lowest BCUT2D eigenvalue weighted by Crippen LogP contribution is -2.46. The smallest absolute Gasteiger partial charge is 0.242 e. The highest BCUT2D eigenvalue weighted by Gasteiger charge is 2.39. The maximum absolute atomic E-state index is 12.8. The number of carbonyl (C=O) groups is 2. The van der Waals surface area contributed by atoms with Gasteiger partial charge in [0.05, 0.1) is 6.54 Å². The molecule has 5 nitrogen and oxygen atoms in total. The van der Waals surface area contributed by atoms with Crippen LogP contribution in [0.3, 0.4) is 0 Å². The highest BCUT2D eigenvalue weighted by Crippen LogP contribution is 2.31. The largest absolute Gasteiger partial charge is 0.353 e. The van der Waals surface area contributed by atoms with Crippen LogP contribution in [0, 0.1) is 0 Å². The van der Waals surface area contributed by atoms with Gasteiger partial charge in [-0.2, -0.15) is 0 Å². The van der Waals surface area contributed by atoms with E-state index in [9.17, 15) is 9.59 Å². The van der Waals surface area contributed by atoms with E-state index in [4.69, 9.17) is 11.6 Å². The fourth-order valence-electron chi connectivity index (χ4n) is 2.88. The van der Waals surface area contributed by atoms with E-state index in [2.05, 4.69) is 0 Å². The summed E-state index contributed by atoms with van der Waals surface area (Å²) in [7, 11) is 1.99. The third-order valence-corrected chi connectivity index (χ3v) is 4.79. The van der Waals surface area contributed by atoms with Gasteiger partial charge in [-0.25, -0.2) is 0 Å². The Morgan fingerprint density at radius 1 is 1.26 bits per heavy atom. The second-order valence-corrected chi connectivity index (χ2v) is 7.33. The van der Waals surface area contributed by atoms with Gasteiger partial charge in [0, 0.05) is 31.0 Å². The van der Waals surface area contributed by atoms with Gasteiger partial charge in [-0.05, 0) is 44.7 Å². The number of carbonyl (C=O) groups excluding carboxylic acids is 2. The number of amides is 2. The molecule has 2 saturated carbocycles. The Labute approximate surface area is 142 Å². The summed E-state index contributed by atoms with van der Waals surface area (Å²) in [5.74, 6) is -0.0941. The van der Waals surface area contributed by atoms with E-state index in [1.54, 1.807) is 11.8 Å². The van der Waals surface area contributed by atoms with Gasteiger partial charge in [0.2, 0.25) is 11.8 Å². The number of nitrogens with zero attached hydrogens (tertiary/aromatic N) is 3. The lowest BCUT2D eigenvalue weighted by atomic mass is 10.3. The zero-order valence-electron chi connectivity index (χ0n) is 13.7. The van der Waals surface area contributed by atoms with Crippen LogP contribution in [-0.4, -0.2) is 50.2 Å². The van der Waals surface area contributed by atoms with Gasteiger partial charge in [0.15, 0.2) is 0 Å². The molecule has 0 unspecified atom stereocenters. The lowest BCUT2D eigenvalue weighted by molar-refractivity contribution is -0.141. The number of aryl methyl sites for hydroxylation is 1. The zero-order valence-corrected chi connectivity index (χ0v) is 14.5. The molecule has 0 N–H and O–H groups in total. The van der Waals surface area contributed by atoms with Crippen LogP contribution in [-0.2, 0) is 23.2 Å². The Balaban J connectivity index is 1.68. The Hall–Kier alpha value is -1.49. The van der Waals surface area contributed by atoms with Gasteiger partial charge in [-0.3, -0.25) is 9.59 Å². The normalized spacial score (nSPS) is 18.6. The lowest BCUT2D eigenvalue weighted by Gasteiger charge is -2.28. The molecule has 1 atom stereocenters. The van der Waals surface area contributed by atoms with Crippen molar-refractivity contribution in [2.75, 3.05) is 6.54 Å². The van der Waals surface area contributed by atoms with Crippen molar-refractivity contribution < 1.29 is 9.59 Å². The molecule has 2 amide bonds. The Kier molecular flexibility index (Phi) is 4.67. The first-order valence-electron chi connectivity index (χ1n) is 8.31. The molecule has 0 spiro atoms. The molecule has 0 aromatic carbocycles. The summed E-state index contributed by atoms with van der Waals surface area (Å²) in [6.45, 7) is 2.43. The van der Waals surface area contributed by atoms with E-state index in [1.165, 1.54) is 0 Å². The van der Waals surface area contributed by atoms with Crippen molar-refractivity contribution in [2.24, 2.45) is 7.05 Å². The molecular formula is C17H24ClN3O2. The molecule has 0 aliphatic heterocycles. The second-order valence-electron chi connectivity index (χ2n) is 6.68. The second kappa shape index (κ2) is 6.56. The summed E-state index contributed by atoms with van der Waals surface area (Å²) < 4.78 is 2.04. The molecule has 2 fully saturated rings. The maximum atomic E-state index is 12.8. The Morgan fingerprint density at radius 2 is 1.87 bits per heavy atom. The first kappa shape index (κ1) is 16.4. The van der Waals surface area contributed by atoms with Crippen molar-refractivity contribution in [3.05, 3.63) is 24.0 Å². The highest BCUT2D eigenvalue weighted by molar-refractivity contribution is 6.30. The number of hydrogen-bond acceptors (Lipinski definition) is 2. The summed E-state index contributed by atoms with van der Waals surface area (Å²) in [5.41, 5.74) is 1.11. The van der Waals surface area contributed by atoms with Crippen molar-refractivity contribution in [3.63, 3.8) is 0 Å². The van der Waals surface area contributed by atoms with Gasteiger partial charge < -0.3 is 14.4 Å². The quantitative estimate of drug-likeness (QED) is 0.716. The van der Waals surface area contributed by atoms with Crippen LogP contribution in [0.4, 0.5) is 0 Å². The van der Waals surface area contributed by atoms with Gasteiger partial charge in [0.1, 0.15) is 11.9 Å². The van der Waals surface area contributed by atoms with Crippen molar-refractivity contribution in [1.82, 2.24) is 14.4 Å². The first-order chi connectivity index (χ1) is 11.0. The summed E-state index contributed by atoms with van der Waals surface area (Å²) in [6.07, 6.45) is 6.05. The SMILES string of the molecule is C[C@@H](Cl)C(=O)N(CC(=O)N(Cc1cccn1C)C1CC1)C1CC1. The summed E-state index contributed by atoms with van der Waals surface area (Å²) >= 11 is 5.95. The predicted octanol–water partition coefficient (Wildman–Crippen LogP) is 2.13. The molecule has 0 saturated heterocycles. The minimum atomic E-state index is -0.578. The third-order valence-electron chi connectivity index (χ3n) is 4.61. The zero-order chi connectivity index (χ0) is 16.6. The predicted molar refractivity (Wildman–Crippen MR) is 89.0 cm³/mol. The minimum Gasteiger partial charge on any atom is -0.353 e. The van der Waals surface area contributed by atoms with E-state index in [1.807, 2.05) is 34.8 Å². The maximum Gasteiger partial charge on any atom is 0.242 e. The van der Waals surface area contributed by atoms with Gasteiger partial charge in [0.25, 0.3) is 0 Å². The fourth-order valence-corrected chi connectivity index (χ4v) is 3.01. The average Bonchev–Trinajstić information content (AvgIpc) is 3.41. The van der Waals surface area contributed by atoms with Gasteiger partial charge in [-0.1, -0.05) is 0 Å². The molecule has 126 valence electrons. The topological polar surface area (TPSA) is 45.6 Å². The molecule has 23 heavy (non-hydrogen) atoms. The van der Waals surface area contributed by atoms with Crippen LogP contribution in [0.2, 0.25) is 0 Å².